The maximum Gasteiger partial charge on any atom is 0.232 e. The molecule has 0 unspecified atom stereocenters. The van der Waals surface area contributed by atoms with Crippen LogP contribution in [0.5, 0.6) is 11.5 Å². The van der Waals surface area contributed by atoms with Crippen LogP contribution in [0.1, 0.15) is 37.6 Å². The van der Waals surface area contributed by atoms with E-state index in [0.717, 1.165) is 23.5 Å². The number of carbonyl (C=O) groups excluding carboxylic acids is 1. The van der Waals surface area contributed by atoms with Gasteiger partial charge in [0.2, 0.25) is 11.8 Å². The summed E-state index contributed by atoms with van der Waals surface area (Å²) in [4.78, 5) is 16.5. The Labute approximate surface area is 191 Å². The predicted molar refractivity (Wildman–Crippen MR) is 126 cm³/mol. The molecule has 9 heteroatoms. The monoisotopic (exact) mass is 468 g/mol. The van der Waals surface area contributed by atoms with Crippen LogP contribution in [0.3, 0.4) is 0 Å². The maximum absolute atomic E-state index is 12.4. The zero-order chi connectivity index (χ0) is 22.6. The molecule has 7 nitrogen and oxygen atoms in total. The molecule has 0 saturated heterocycles. The van der Waals surface area contributed by atoms with Gasteiger partial charge in [-0.15, -0.1) is 0 Å². The number of aryl methyl sites for hydroxylation is 1. The van der Waals surface area contributed by atoms with Gasteiger partial charge in [-0.05, 0) is 49.5 Å². The molecule has 2 rings (SSSR count). The molecule has 0 aliphatic heterocycles. The molecule has 0 fully saturated rings. The van der Waals surface area contributed by atoms with Crippen LogP contribution in [0.4, 0.5) is 0 Å². The number of aromatic nitrogens is 1. The van der Waals surface area contributed by atoms with Crippen LogP contribution < -0.4 is 14.8 Å². The standard InChI is InChI=1S/C22H32N2O5S2/c1-5-6-11-30-12-7-10-23-21(25)15-31(26)14-18-16(2)29-22(24-18)17-8-9-19(27-3)20(13-17)28-4/h8-9,13H,5-7,10-12,14-15H2,1-4H3,(H,23,25)/t31-/m0/s1. The molecule has 0 aliphatic carbocycles. The fourth-order valence-electron chi connectivity index (χ4n) is 2.81. The molecule has 2 aromatic rings. The van der Waals surface area contributed by atoms with Crippen LogP contribution in [0, 0.1) is 6.92 Å². The SMILES string of the molecule is CCCCSCCCNC(=O)C[S@@](=O)Cc1nc(-c2ccc(OC)c(OC)c2)oc1C. The van der Waals surface area contributed by atoms with E-state index in [2.05, 4.69) is 17.2 Å². The van der Waals surface area contributed by atoms with Crippen LogP contribution in [-0.2, 0) is 21.3 Å². The van der Waals surface area contributed by atoms with Gasteiger partial charge in [-0.1, -0.05) is 13.3 Å². The van der Waals surface area contributed by atoms with Gasteiger partial charge < -0.3 is 19.2 Å². The van der Waals surface area contributed by atoms with Crippen molar-refractivity contribution in [2.24, 2.45) is 0 Å². The maximum atomic E-state index is 12.4. The zero-order valence-electron chi connectivity index (χ0n) is 18.7. The Morgan fingerprint density at radius 1 is 1.19 bits per heavy atom. The number of amides is 1. The summed E-state index contributed by atoms with van der Waals surface area (Å²) in [6.45, 7) is 4.57. The Morgan fingerprint density at radius 2 is 1.94 bits per heavy atom. The van der Waals surface area contributed by atoms with Gasteiger partial charge in [0, 0.05) is 22.9 Å². The second-order valence-electron chi connectivity index (χ2n) is 6.99. The van der Waals surface area contributed by atoms with Crippen molar-refractivity contribution in [3.05, 3.63) is 29.7 Å². The minimum atomic E-state index is -1.36. The van der Waals surface area contributed by atoms with Crippen LogP contribution >= 0.6 is 11.8 Å². The average molecular weight is 469 g/mol. The first-order chi connectivity index (χ1) is 15.0. The largest absolute Gasteiger partial charge is 0.493 e. The second-order valence-corrected chi connectivity index (χ2v) is 9.67. The number of benzene rings is 1. The number of methoxy groups -OCH3 is 2. The number of ether oxygens (including phenoxy) is 2. The lowest BCUT2D eigenvalue weighted by Crippen LogP contribution is -2.29. The second kappa shape index (κ2) is 13.4. The predicted octanol–water partition coefficient (Wildman–Crippen LogP) is 3.96. The first kappa shape index (κ1) is 25.3. The molecule has 1 N–H and O–H groups in total. The van der Waals surface area contributed by atoms with Crippen LogP contribution in [0.2, 0.25) is 0 Å². The number of oxazole rings is 1. The van der Waals surface area contributed by atoms with Crippen LogP contribution in [0.15, 0.2) is 22.6 Å². The first-order valence-electron chi connectivity index (χ1n) is 10.4. The summed E-state index contributed by atoms with van der Waals surface area (Å²) < 4.78 is 28.8. The number of nitrogens with zero attached hydrogens (tertiary/aromatic N) is 1. The van der Waals surface area contributed by atoms with Gasteiger partial charge in [0.15, 0.2) is 11.5 Å². The number of thioether (sulfide) groups is 1. The van der Waals surface area contributed by atoms with Crippen molar-refractivity contribution in [3.8, 4) is 23.0 Å². The molecule has 172 valence electrons. The van der Waals surface area contributed by atoms with Crippen molar-refractivity contribution >= 4 is 28.5 Å². The van der Waals surface area contributed by atoms with Crippen molar-refractivity contribution in [3.63, 3.8) is 0 Å². The smallest absolute Gasteiger partial charge is 0.232 e. The number of carbonyl (C=O) groups is 1. The molecule has 1 heterocycles. The van der Waals surface area contributed by atoms with Crippen LogP contribution in [-0.4, -0.2) is 53.1 Å². The van der Waals surface area contributed by atoms with E-state index in [1.165, 1.54) is 12.8 Å². The highest BCUT2D eigenvalue weighted by molar-refractivity contribution is 7.99. The van der Waals surface area contributed by atoms with Gasteiger partial charge in [0.25, 0.3) is 0 Å². The van der Waals surface area contributed by atoms with Crippen molar-refractivity contribution in [2.45, 2.75) is 38.9 Å². The van der Waals surface area contributed by atoms with E-state index in [9.17, 15) is 9.00 Å². The summed E-state index contributed by atoms with van der Waals surface area (Å²) in [6, 6.07) is 5.37. The quantitative estimate of drug-likeness (QED) is 0.420. The van der Waals surface area contributed by atoms with Crippen LogP contribution in [0.25, 0.3) is 11.5 Å². The lowest BCUT2D eigenvalue weighted by atomic mass is 10.2. The van der Waals surface area contributed by atoms with Gasteiger partial charge in [0.1, 0.15) is 11.5 Å². The fourth-order valence-corrected chi connectivity index (χ4v) is 4.92. The van der Waals surface area contributed by atoms with E-state index in [1.54, 1.807) is 33.3 Å². The summed E-state index contributed by atoms with van der Waals surface area (Å²) in [5.41, 5.74) is 1.32. The van der Waals surface area contributed by atoms with E-state index in [4.69, 9.17) is 13.9 Å². The number of rotatable bonds is 14. The number of unbranched alkanes of at least 4 members (excludes halogenated alkanes) is 1. The highest BCUT2D eigenvalue weighted by atomic mass is 32.2. The Hall–Kier alpha value is -2.00. The molecular weight excluding hydrogens is 436 g/mol. The number of hydrogen-bond donors (Lipinski definition) is 1. The van der Waals surface area contributed by atoms with E-state index < -0.39 is 10.8 Å². The molecule has 0 radical (unpaired) electrons. The molecule has 1 aromatic carbocycles. The Morgan fingerprint density at radius 3 is 2.65 bits per heavy atom. The zero-order valence-corrected chi connectivity index (χ0v) is 20.3. The molecule has 0 spiro atoms. The number of nitrogens with one attached hydrogen (secondary N) is 1. The van der Waals surface area contributed by atoms with Crippen molar-refractivity contribution in [1.82, 2.24) is 10.3 Å². The molecular formula is C22H32N2O5S2. The van der Waals surface area contributed by atoms with Gasteiger partial charge in [-0.2, -0.15) is 11.8 Å². The molecule has 0 aliphatic rings. The van der Waals surface area contributed by atoms with E-state index in [-0.39, 0.29) is 17.4 Å². The Balaban J connectivity index is 1.85. The normalized spacial score (nSPS) is 11.9. The van der Waals surface area contributed by atoms with Gasteiger partial charge in [-0.25, -0.2) is 4.98 Å². The van der Waals surface area contributed by atoms with Gasteiger partial charge >= 0.3 is 0 Å². The first-order valence-corrected chi connectivity index (χ1v) is 13.0. The topological polar surface area (TPSA) is 90.7 Å². The summed E-state index contributed by atoms with van der Waals surface area (Å²) in [5.74, 6) is 4.31. The van der Waals surface area contributed by atoms with Gasteiger partial charge in [-0.3, -0.25) is 9.00 Å². The number of hydrogen-bond acceptors (Lipinski definition) is 7. The Kier molecular flexibility index (Phi) is 10.9. The third-order valence-corrected chi connectivity index (χ3v) is 6.88. The summed E-state index contributed by atoms with van der Waals surface area (Å²) in [6.07, 6.45) is 3.35. The Bertz CT molecular complexity index is 870. The van der Waals surface area contributed by atoms with E-state index in [0.29, 0.717) is 35.4 Å². The highest BCUT2D eigenvalue weighted by Crippen LogP contribution is 2.32. The lowest BCUT2D eigenvalue weighted by Gasteiger charge is -2.07. The molecule has 0 saturated carbocycles. The molecule has 1 amide bonds. The van der Waals surface area contributed by atoms with Gasteiger partial charge in [0.05, 0.1) is 25.7 Å². The van der Waals surface area contributed by atoms with E-state index in [1.807, 2.05) is 17.8 Å². The van der Waals surface area contributed by atoms with Crippen molar-refractivity contribution < 1.29 is 22.9 Å². The molecule has 0 bridgehead atoms. The average Bonchev–Trinajstić information content (AvgIpc) is 3.12. The van der Waals surface area contributed by atoms with E-state index >= 15 is 0 Å². The summed E-state index contributed by atoms with van der Waals surface area (Å²) in [7, 11) is 1.77. The minimum absolute atomic E-state index is 0.0407. The lowest BCUT2D eigenvalue weighted by molar-refractivity contribution is -0.118. The highest BCUT2D eigenvalue weighted by Gasteiger charge is 2.17. The molecule has 1 atom stereocenters. The molecule has 1 aromatic heterocycles. The minimum Gasteiger partial charge on any atom is -0.493 e. The van der Waals surface area contributed by atoms with Crippen molar-refractivity contribution in [1.29, 1.82) is 0 Å². The molecule has 31 heavy (non-hydrogen) atoms. The fraction of sp³-hybridized carbons (Fsp3) is 0.545. The summed E-state index contributed by atoms with van der Waals surface area (Å²) >= 11 is 1.91. The summed E-state index contributed by atoms with van der Waals surface area (Å²) in [5, 5.41) is 2.84. The van der Waals surface area contributed by atoms with Crippen molar-refractivity contribution in [2.75, 3.05) is 38.0 Å². The third kappa shape index (κ3) is 8.22. The third-order valence-electron chi connectivity index (χ3n) is 4.54.